The minimum absolute atomic E-state index is 0.808. The van der Waals surface area contributed by atoms with E-state index in [4.69, 9.17) is 9.90 Å². The Balaban J connectivity index is 0.000000339. The molecule has 0 aliphatic carbocycles. The van der Waals surface area contributed by atoms with E-state index >= 15 is 0 Å². The van der Waals surface area contributed by atoms with E-state index in [-0.39, 0.29) is 0 Å². The zero-order valence-corrected chi connectivity index (χ0v) is 16.5. The van der Waals surface area contributed by atoms with Gasteiger partial charge in [-0.2, -0.15) is 18.3 Å². The number of aliphatic carboxylic acids is 1. The molecule has 0 aliphatic rings. The Hall–Kier alpha value is -3.66. The number of carboxylic acid groups (broad SMARTS) is 1. The number of rotatable bonds is 5. The Morgan fingerprint density at radius 2 is 1.87 bits per heavy atom. The Kier molecular flexibility index (Phi) is 6.71. The number of hydrogen-bond acceptors (Lipinski definition) is 4. The van der Waals surface area contributed by atoms with Crippen molar-refractivity contribution in [2.45, 2.75) is 19.3 Å². The van der Waals surface area contributed by atoms with Gasteiger partial charge in [-0.25, -0.2) is 4.79 Å². The number of nitrogens with zero attached hydrogens (tertiary/aromatic N) is 3. The third kappa shape index (κ3) is 6.16. The number of carboxylic acids is 1. The summed E-state index contributed by atoms with van der Waals surface area (Å²) in [7, 11) is 2.11. The fourth-order valence-electron chi connectivity index (χ4n) is 2.94. The number of halogens is 3. The van der Waals surface area contributed by atoms with E-state index in [1.165, 1.54) is 16.5 Å². The molecule has 0 radical (unpaired) electrons. The van der Waals surface area contributed by atoms with Crippen molar-refractivity contribution in [1.82, 2.24) is 25.1 Å². The smallest absolute Gasteiger partial charge is 0.475 e. The summed E-state index contributed by atoms with van der Waals surface area (Å²) in [6.45, 7) is 1.69. The SMILES string of the molecule is CN(Cc1ccc2cc[nH]c2c1)Cc1cc(-c2ccccn2)n[nH]1.O=C(O)C(F)(F)F. The Labute approximate surface area is 175 Å². The third-order valence-electron chi connectivity index (χ3n) is 4.31. The van der Waals surface area contributed by atoms with E-state index in [2.05, 4.69) is 62.4 Å². The van der Waals surface area contributed by atoms with Crippen LogP contribution in [0.25, 0.3) is 22.3 Å². The predicted molar refractivity (Wildman–Crippen MR) is 109 cm³/mol. The second-order valence-electron chi connectivity index (χ2n) is 6.87. The number of hydrogen-bond donors (Lipinski definition) is 3. The predicted octanol–water partition coefficient (Wildman–Crippen LogP) is 4.22. The average molecular weight is 431 g/mol. The fourth-order valence-corrected chi connectivity index (χ4v) is 2.94. The van der Waals surface area contributed by atoms with Gasteiger partial charge >= 0.3 is 12.1 Å². The van der Waals surface area contributed by atoms with Gasteiger partial charge in [-0.05, 0) is 48.3 Å². The van der Waals surface area contributed by atoms with E-state index in [1.54, 1.807) is 6.20 Å². The molecule has 0 spiro atoms. The van der Waals surface area contributed by atoms with Crippen LogP contribution in [0.3, 0.4) is 0 Å². The maximum Gasteiger partial charge on any atom is 0.490 e. The number of aromatic nitrogens is 4. The average Bonchev–Trinajstić information content (AvgIpc) is 3.37. The lowest BCUT2D eigenvalue weighted by Crippen LogP contribution is -2.21. The lowest BCUT2D eigenvalue weighted by Gasteiger charge is -2.15. The van der Waals surface area contributed by atoms with Gasteiger partial charge in [-0.15, -0.1) is 0 Å². The van der Waals surface area contributed by atoms with Crippen LogP contribution < -0.4 is 0 Å². The molecule has 0 unspecified atom stereocenters. The number of fused-ring (bicyclic) bond motifs is 1. The van der Waals surface area contributed by atoms with Gasteiger partial charge in [-0.3, -0.25) is 15.0 Å². The highest BCUT2D eigenvalue weighted by molar-refractivity contribution is 5.79. The van der Waals surface area contributed by atoms with Crippen LogP contribution in [0.4, 0.5) is 13.2 Å². The molecule has 0 aliphatic heterocycles. The number of carbonyl (C=O) groups is 1. The molecule has 3 aromatic heterocycles. The summed E-state index contributed by atoms with van der Waals surface area (Å²) < 4.78 is 31.7. The Bertz CT molecular complexity index is 1140. The Morgan fingerprint density at radius 3 is 2.55 bits per heavy atom. The van der Waals surface area contributed by atoms with Gasteiger partial charge in [0, 0.05) is 36.7 Å². The lowest BCUT2D eigenvalue weighted by molar-refractivity contribution is -0.192. The molecule has 1 aromatic carbocycles. The van der Waals surface area contributed by atoms with Gasteiger partial charge in [0.1, 0.15) is 5.69 Å². The van der Waals surface area contributed by atoms with Crippen molar-refractivity contribution < 1.29 is 23.1 Å². The van der Waals surface area contributed by atoms with Crippen LogP contribution in [0, 0.1) is 0 Å². The van der Waals surface area contributed by atoms with Gasteiger partial charge in [-0.1, -0.05) is 18.2 Å². The van der Waals surface area contributed by atoms with Crippen molar-refractivity contribution in [3.05, 3.63) is 72.2 Å². The van der Waals surface area contributed by atoms with Crippen LogP contribution in [-0.2, 0) is 17.9 Å². The number of nitrogens with one attached hydrogen (secondary N) is 2. The van der Waals surface area contributed by atoms with E-state index < -0.39 is 12.1 Å². The van der Waals surface area contributed by atoms with Gasteiger partial charge in [0.25, 0.3) is 0 Å². The minimum Gasteiger partial charge on any atom is -0.475 e. The van der Waals surface area contributed by atoms with E-state index in [0.717, 1.165) is 30.2 Å². The first-order valence-corrected chi connectivity index (χ1v) is 9.23. The fraction of sp³-hybridized carbons (Fsp3) is 0.190. The molecule has 0 saturated carbocycles. The second kappa shape index (κ2) is 9.43. The molecular formula is C21H20F3N5O2. The van der Waals surface area contributed by atoms with Crippen molar-refractivity contribution >= 4 is 16.9 Å². The number of aromatic amines is 2. The second-order valence-corrected chi connectivity index (χ2v) is 6.87. The van der Waals surface area contributed by atoms with Crippen LogP contribution in [0.15, 0.2) is 60.9 Å². The summed E-state index contributed by atoms with van der Waals surface area (Å²) in [5, 5.41) is 15.8. The molecule has 3 N–H and O–H groups in total. The largest absolute Gasteiger partial charge is 0.490 e. The van der Waals surface area contributed by atoms with Crippen molar-refractivity contribution in [2.24, 2.45) is 0 Å². The van der Waals surface area contributed by atoms with Crippen molar-refractivity contribution in [2.75, 3.05) is 7.05 Å². The molecular weight excluding hydrogens is 411 g/mol. The molecule has 4 rings (SSSR count). The maximum atomic E-state index is 10.6. The van der Waals surface area contributed by atoms with E-state index in [9.17, 15) is 13.2 Å². The summed E-state index contributed by atoms with van der Waals surface area (Å²) in [4.78, 5) is 18.8. The Morgan fingerprint density at radius 1 is 1.10 bits per heavy atom. The summed E-state index contributed by atoms with van der Waals surface area (Å²) in [5.74, 6) is -2.76. The highest BCUT2D eigenvalue weighted by Crippen LogP contribution is 2.18. The molecule has 0 saturated heterocycles. The summed E-state index contributed by atoms with van der Waals surface area (Å²) in [6.07, 6.45) is -1.32. The number of pyridine rings is 1. The highest BCUT2D eigenvalue weighted by Gasteiger charge is 2.38. The topological polar surface area (TPSA) is 97.9 Å². The number of alkyl halides is 3. The summed E-state index contributed by atoms with van der Waals surface area (Å²) in [5.41, 5.74) is 5.32. The van der Waals surface area contributed by atoms with Gasteiger partial charge in [0.2, 0.25) is 0 Å². The van der Waals surface area contributed by atoms with Crippen LogP contribution in [0.1, 0.15) is 11.3 Å². The first kappa shape index (κ1) is 22.0. The number of H-pyrrole nitrogens is 2. The van der Waals surface area contributed by atoms with Crippen LogP contribution in [-0.4, -0.2) is 49.4 Å². The summed E-state index contributed by atoms with van der Waals surface area (Å²) in [6, 6.07) is 16.5. The first-order valence-electron chi connectivity index (χ1n) is 9.23. The van der Waals surface area contributed by atoms with Crippen LogP contribution in [0.2, 0.25) is 0 Å². The van der Waals surface area contributed by atoms with Crippen molar-refractivity contribution in [1.29, 1.82) is 0 Å². The van der Waals surface area contributed by atoms with Gasteiger partial charge in [0.15, 0.2) is 0 Å². The van der Waals surface area contributed by atoms with Gasteiger partial charge < -0.3 is 10.1 Å². The molecule has 162 valence electrons. The summed E-state index contributed by atoms with van der Waals surface area (Å²) >= 11 is 0. The standard InChI is InChI=1S/C19H19N5.C2HF3O2/c1-24(12-14-5-6-15-7-9-21-18(15)10-14)13-16-11-19(23-22-16)17-4-2-3-8-20-17;3-2(4,5)1(6)7/h2-11,21H,12-13H2,1H3,(H,22,23);(H,6,7). The quantitative estimate of drug-likeness (QED) is 0.440. The maximum absolute atomic E-state index is 10.6. The molecule has 7 nitrogen and oxygen atoms in total. The zero-order chi connectivity index (χ0) is 22.4. The molecule has 10 heteroatoms. The van der Waals surface area contributed by atoms with E-state index in [1.807, 2.05) is 24.4 Å². The first-order chi connectivity index (χ1) is 14.7. The molecule has 0 amide bonds. The molecule has 0 fully saturated rings. The van der Waals surface area contributed by atoms with E-state index in [0.29, 0.717) is 0 Å². The normalized spacial score (nSPS) is 11.4. The number of benzene rings is 1. The highest BCUT2D eigenvalue weighted by atomic mass is 19.4. The monoisotopic (exact) mass is 431 g/mol. The third-order valence-corrected chi connectivity index (χ3v) is 4.31. The molecule has 0 atom stereocenters. The lowest BCUT2D eigenvalue weighted by atomic mass is 10.1. The molecule has 4 aromatic rings. The molecule has 3 heterocycles. The molecule has 0 bridgehead atoms. The van der Waals surface area contributed by atoms with Crippen LogP contribution >= 0.6 is 0 Å². The van der Waals surface area contributed by atoms with Crippen molar-refractivity contribution in [3.8, 4) is 11.4 Å². The van der Waals surface area contributed by atoms with Crippen LogP contribution in [0.5, 0.6) is 0 Å². The zero-order valence-electron chi connectivity index (χ0n) is 16.5. The molecule has 31 heavy (non-hydrogen) atoms. The van der Waals surface area contributed by atoms with Crippen molar-refractivity contribution in [3.63, 3.8) is 0 Å². The minimum atomic E-state index is -5.08. The van der Waals surface area contributed by atoms with Gasteiger partial charge in [0.05, 0.1) is 5.69 Å².